The molecule has 0 aromatic rings. The number of allylic oxidation sites excluding steroid dienone is 1. The summed E-state index contributed by atoms with van der Waals surface area (Å²) in [7, 11) is 1.49. The monoisotopic (exact) mass is 416 g/mol. The van der Waals surface area contributed by atoms with E-state index in [1.165, 1.54) is 52.6 Å². The molecule has 3 fully saturated rings. The Morgan fingerprint density at radius 1 is 1.17 bits per heavy atom. The number of rotatable bonds is 5. The quantitative estimate of drug-likeness (QED) is 0.426. The van der Waals surface area contributed by atoms with Crippen molar-refractivity contribution in [1.29, 1.82) is 0 Å². The van der Waals surface area contributed by atoms with Gasteiger partial charge in [-0.05, 0) is 92.3 Å². The highest BCUT2D eigenvalue weighted by molar-refractivity contribution is 5.69. The molecule has 4 rings (SSSR count). The molecule has 0 spiro atoms. The Bertz CT molecular complexity index is 697. The summed E-state index contributed by atoms with van der Waals surface area (Å²) in [5.41, 5.74) is 2.01. The largest absolute Gasteiger partial charge is 0.469 e. The van der Waals surface area contributed by atoms with Crippen LogP contribution < -0.4 is 0 Å². The summed E-state index contributed by atoms with van der Waals surface area (Å²) in [5.74, 6) is 4.30. The molecule has 8 atom stereocenters. The van der Waals surface area contributed by atoms with Crippen molar-refractivity contribution < 1.29 is 19.1 Å². The lowest BCUT2D eigenvalue weighted by atomic mass is 9.51. The fourth-order valence-electron chi connectivity index (χ4n) is 8.19. The number of hydrogen-bond donors (Lipinski definition) is 0. The van der Waals surface area contributed by atoms with Crippen LogP contribution in [-0.2, 0) is 19.1 Å². The second kappa shape index (κ2) is 8.67. The van der Waals surface area contributed by atoms with E-state index < -0.39 is 0 Å². The van der Waals surface area contributed by atoms with Gasteiger partial charge in [0, 0.05) is 19.8 Å². The number of methoxy groups -OCH3 is 1. The maximum absolute atomic E-state index is 11.6. The van der Waals surface area contributed by atoms with Crippen molar-refractivity contribution in [3.05, 3.63) is 11.6 Å². The van der Waals surface area contributed by atoms with Gasteiger partial charge in [-0.25, -0.2) is 0 Å². The normalized spacial score (nSPS) is 41.0. The lowest BCUT2D eigenvalue weighted by molar-refractivity contribution is -0.147. The molecule has 0 aromatic carbocycles. The van der Waals surface area contributed by atoms with Gasteiger partial charge in [0.25, 0.3) is 0 Å². The number of carbonyl (C=O) groups is 2. The van der Waals surface area contributed by atoms with Gasteiger partial charge in [-0.2, -0.15) is 0 Å². The second-order valence-corrected chi connectivity index (χ2v) is 10.9. The molecular weight excluding hydrogens is 376 g/mol. The standard InChI is InChI=1S/C26H40O4/c1-16(5-12-25(28)29-4)23-10-11-24-22-8-6-18-15-19(30-17(2)27)7-9-20(18)21(22)13-14-26(23,24)3/h6,16,19-24H,5,7-15H2,1-4H3/t16-,19+,20+,21?,22?,23-,24?,26-/m1/s1. The number of esters is 2. The molecule has 3 unspecified atom stereocenters. The van der Waals surface area contributed by atoms with E-state index in [2.05, 4.69) is 19.9 Å². The van der Waals surface area contributed by atoms with Gasteiger partial charge < -0.3 is 9.47 Å². The van der Waals surface area contributed by atoms with Crippen LogP contribution in [0.4, 0.5) is 0 Å². The molecule has 3 saturated carbocycles. The fourth-order valence-corrected chi connectivity index (χ4v) is 8.19. The van der Waals surface area contributed by atoms with Gasteiger partial charge in [0.1, 0.15) is 6.10 Å². The van der Waals surface area contributed by atoms with Crippen molar-refractivity contribution in [1.82, 2.24) is 0 Å². The molecule has 0 heterocycles. The van der Waals surface area contributed by atoms with E-state index in [1.807, 2.05) is 0 Å². The van der Waals surface area contributed by atoms with Gasteiger partial charge in [-0.1, -0.05) is 25.5 Å². The van der Waals surface area contributed by atoms with Crippen molar-refractivity contribution >= 4 is 11.9 Å². The van der Waals surface area contributed by atoms with Crippen LogP contribution in [0.2, 0.25) is 0 Å². The lowest BCUT2D eigenvalue weighted by Crippen LogP contribution is -2.47. The van der Waals surface area contributed by atoms with E-state index in [4.69, 9.17) is 9.47 Å². The van der Waals surface area contributed by atoms with Crippen LogP contribution in [0.1, 0.15) is 85.0 Å². The van der Waals surface area contributed by atoms with Crippen LogP contribution in [0.5, 0.6) is 0 Å². The van der Waals surface area contributed by atoms with E-state index in [0.29, 0.717) is 17.8 Å². The molecule has 0 aromatic heterocycles. The third-order valence-corrected chi connectivity index (χ3v) is 9.53. The summed E-state index contributed by atoms with van der Waals surface area (Å²) in [6, 6.07) is 0. The van der Waals surface area contributed by atoms with Gasteiger partial charge >= 0.3 is 11.9 Å². The van der Waals surface area contributed by atoms with E-state index in [1.54, 1.807) is 5.57 Å². The molecule has 0 saturated heterocycles. The number of ether oxygens (including phenoxy) is 2. The SMILES string of the molecule is COC(=O)CC[C@@H](C)[C@H]1CCC2C3CC=C4C[C@@H](OC(C)=O)CC[C@@H]4C3CC[C@@]21C. The predicted molar refractivity (Wildman–Crippen MR) is 117 cm³/mol. The first-order valence-electron chi connectivity index (χ1n) is 12.3. The summed E-state index contributed by atoms with van der Waals surface area (Å²) in [4.78, 5) is 23.0. The Kier molecular flexibility index (Phi) is 6.33. The Balaban J connectivity index is 1.44. The molecule has 4 nitrogen and oxygen atoms in total. The Labute approximate surface area is 182 Å². The first kappa shape index (κ1) is 21.9. The van der Waals surface area contributed by atoms with Gasteiger partial charge in [0.15, 0.2) is 0 Å². The van der Waals surface area contributed by atoms with Crippen molar-refractivity contribution in [2.45, 2.75) is 91.1 Å². The highest BCUT2D eigenvalue weighted by Gasteiger charge is 2.56. The van der Waals surface area contributed by atoms with Crippen LogP contribution >= 0.6 is 0 Å². The zero-order chi connectivity index (χ0) is 21.5. The van der Waals surface area contributed by atoms with Crippen molar-refractivity contribution in [3.8, 4) is 0 Å². The molecule has 4 aliphatic rings. The molecule has 4 heteroatoms. The molecule has 0 radical (unpaired) electrons. The van der Waals surface area contributed by atoms with Crippen LogP contribution in [0.15, 0.2) is 11.6 Å². The van der Waals surface area contributed by atoms with Crippen molar-refractivity contribution in [2.75, 3.05) is 7.11 Å². The summed E-state index contributed by atoms with van der Waals surface area (Å²) in [6.45, 7) is 6.46. The number of carbonyl (C=O) groups excluding carboxylic acids is 2. The molecule has 0 aliphatic heterocycles. The number of hydrogen-bond acceptors (Lipinski definition) is 4. The Hall–Kier alpha value is -1.32. The molecular formula is C26H40O4. The summed E-state index contributed by atoms with van der Waals surface area (Å²) in [5, 5.41) is 0. The molecule has 4 aliphatic carbocycles. The summed E-state index contributed by atoms with van der Waals surface area (Å²) in [6.07, 6.45) is 13.9. The van der Waals surface area contributed by atoms with E-state index in [9.17, 15) is 9.59 Å². The third kappa shape index (κ3) is 3.96. The average molecular weight is 417 g/mol. The molecule has 0 N–H and O–H groups in total. The lowest BCUT2D eigenvalue weighted by Gasteiger charge is -2.54. The minimum Gasteiger partial charge on any atom is -0.469 e. The average Bonchev–Trinajstić information content (AvgIpc) is 3.08. The minimum atomic E-state index is -0.139. The predicted octanol–water partition coefficient (Wildman–Crippen LogP) is 5.70. The van der Waals surface area contributed by atoms with Gasteiger partial charge in [0.05, 0.1) is 7.11 Å². The topological polar surface area (TPSA) is 52.6 Å². The zero-order valence-corrected chi connectivity index (χ0v) is 19.3. The Morgan fingerprint density at radius 3 is 2.70 bits per heavy atom. The van der Waals surface area contributed by atoms with Crippen LogP contribution in [0, 0.1) is 40.9 Å². The zero-order valence-electron chi connectivity index (χ0n) is 19.3. The highest BCUT2D eigenvalue weighted by Crippen LogP contribution is 2.64. The van der Waals surface area contributed by atoms with E-state index in [0.717, 1.165) is 48.9 Å². The van der Waals surface area contributed by atoms with Gasteiger partial charge in [0.2, 0.25) is 0 Å². The van der Waals surface area contributed by atoms with Gasteiger partial charge in [-0.3, -0.25) is 9.59 Å². The highest BCUT2D eigenvalue weighted by atomic mass is 16.5. The number of fused-ring (bicyclic) bond motifs is 5. The fraction of sp³-hybridized carbons (Fsp3) is 0.846. The van der Waals surface area contributed by atoms with Crippen molar-refractivity contribution in [3.63, 3.8) is 0 Å². The summed E-state index contributed by atoms with van der Waals surface area (Å²) < 4.78 is 10.4. The van der Waals surface area contributed by atoms with Crippen LogP contribution in [0.3, 0.4) is 0 Å². The summed E-state index contributed by atoms with van der Waals surface area (Å²) >= 11 is 0. The minimum absolute atomic E-state index is 0.0699. The first-order valence-corrected chi connectivity index (χ1v) is 12.3. The van der Waals surface area contributed by atoms with Crippen molar-refractivity contribution in [2.24, 2.45) is 40.9 Å². The van der Waals surface area contributed by atoms with Crippen LogP contribution in [-0.4, -0.2) is 25.2 Å². The molecule has 168 valence electrons. The van der Waals surface area contributed by atoms with E-state index >= 15 is 0 Å². The van der Waals surface area contributed by atoms with E-state index in [-0.39, 0.29) is 18.0 Å². The smallest absolute Gasteiger partial charge is 0.305 e. The maximum atomic E-state index is 11.6. The molecule has 0 bridgehead atoms. The first-order chi connectivity index (χ1) is 14.3. The molecule has 30 heavy (non-hydrogen) atoms. The third-order valence-electron chi connectivity index (χ3n) is 9.53. The molecule has 0 amide bonds. The maximum Gasteiger partial charge on any atom is 0.305 e. The Morgan fingerprint density at radius 2 is 1.97 bits per heavy atom. The second-order valence-electron chi connectivity index (χ2n) is 10.9. The van der Waals surface area contributed by atoms with Gasteiger partial charge in [-0.15, -0.1) is 0 Å². The van der Waals surface area contributed by atoms with Crippen LogP contribution in [0.25, 0.3) is 0 Å².